The van der Waals surface area contributed by atoms with Crippen LogP contribution >= 0.6 is 0 Å². The lowest BCUT2D eigenvalue weighted by atomic mass is 10.1. The normalized spacial score (nSPS) is 11.9. The van der Waals surface area contributed by atoms with Gasteiger partial charge in [0.25, 0.3) is 0 Å². The molecule has 1 atom stereocenters. The van der Waals surface area contributed by atoms with E-state index in [4.69, 9.17) is 0 Å². The summed E-state index contributed by atoms with van der Waals surface area (Å²) in [7, 11) is 5.12. The van der Waals surface area contributed by atoms with Crippen molar-refractivity contribution in [3.05, 3.63) is 47.3 Å². The number of likely N-dealkylation sites (N-methyl/N-ethyl adjacent to an activating group) is 2. The molecule has 1 heterocycles. The number of aryl methyl sites for hydroxylation is 3. The molecule has 1 aromatic carbocycles. The molecule has 0 aliphatic heterocycles. The number of hydrogen-bond donors (Lipinski definition) is 2. The molecule has 0 aliphatic rings. The van der Waals surface area contributed by atoms with Gasteiger partial charge in [-0.15, -0.1) is 0 Å². The van der Waals surface area contributed by atoms with Crippen molar-refractivity contribution < 1.29 is 9.59 Å². The van der Waals surface area contributed by atoms with Gasteiger partial charge in [-0.2, -0.15) is 5.10 Å². The highest BCUT2D eigenvalue weighted by atomic mass is 16.2. The predicted octanol–water partition coefficient (Wildman–Crippen LogP) is 1.39. The van der Waals surface area contributed by atoms with Crippen LogP contribution in [-0.2, 0) is 16.6 Å². The maximum atomic E-state index is 12.7. The van der Waals surface area contributed by atoms with Gasteiger partial charge >= 0.3 is 0 Å². The maximum absolute atomic E-state index is 12.7. The lowest BCUT2D eigenvalue weighted by molar-refractivity contribution is -0.135. The summed E-state index contributed by atoms with van der Waals surface area (Å²) in [5.41, 5.74) is 3.54. The van der Waals surface area contributed by atoms with E-state index in [1.807, 2.05) is 32.0 Å². The van der Waals surface area contributed by atoms with E-state index in [1.54, 1.807) is 38.2 Å². The molecule has 25 heavy (non-hydrogen) atoms. The third-order valence-corrected chi connectivity index (χ3v) is 4.10. The first-order valence-corrected chi connectivity index (χ1v) is 8.10. The van der Waals surface area contributed by atoms with Gasteiger partial charge in [0.15, 0.2) is 0 Å². The van der Waals surface area contributed by atoms with Crippen LogP contribution in [0.5, 0.6) is 0 Å². The van der Waals surface area contributed by atoms with Gasteiger partial charge in [0.05, 0.1) is 12.7 Å². The van der Waals surface area contributed by atoms with E-state index < -0.39 is 6.04 Å². The Kier molecular flexibility index (Phi) is 5.93. The Balaban J connectivity index is 2.03. The minimum atomic E-state index is -0.535. The Morgan fingerprint density at radius 1 is 1.28 bits per heavy atom. The predicted molar refractivity (Wildman–Crippen MR) is 97.2 cm³/mol. The van der Waals surface area contributed by atoms with Crippen molar-refractivity contribution >= 4 is 17.5 Å². The number of anilines is 1. The molecule has 2 N–H and O–H groups in total. The third-order valence-electron chi connectivity index (χ3n) is 4.10. The first-order chi connectivity index (χ1) is 11.8. The van der Waals surface area contributed by atoms with E-state index in [9.17, 15) is 9.59 Å². The zero-order valence-corrected chi connectivity index (χ0v) is 15.3. The molecule has 0 radical (unpaired) electrons. The molecule has 1 aromatic heterocycles. The fourth-order valence-electron chi connectivity index (χ4n) is 2.73. The van der Waals surface area contributed by atoms with Crippen LogP contribution in [0.1, 0.15) is 22.7 Å². The number of hydrogen-bond acceptors (Lipinski definition) is 4. The Bertz CT molecular complexity index is 748. The number of carbonyl (C=O) groups is 2. The molecule has 0 saturated carbocycles. The summed E-state index contributed by atoms with van der Waals surface area (Å²) in [6, 6.07) is 5.29. The number of benzene rings is 1. The molecule has 0 spiro atoms. The summed E-state index contributed by atoms with van der Waals surface area (Å²) in [6.07, 6.45) is 3.42. The number of para-hydroxylation sites is 1. The van der Waals surface area contributed by atoms with Crippen LogP contribution in [0.2, 0.25) is 0 Å². The molecule has 0 bridgehead atoms. The van der Waals surface area contributed by atoms with Crippen molar-refractivity contribution in [2.75, 3.05) is 26.0 Å². The standard InChI is InChI=1S/C18H25N5O2/c1-12-7-6-8-13(2)16(12)21-15(24)11-22(4)18(25)17(19-3)14-9-20-23(5)10-14/h6-10,17,19H,11H2,1-5H3,(H,21,24). The maximum Gasteiger partial charge on any atom is 0.244 e. The minimum absolute atomic E-state index is 0.0228. The van der Waals surface area contributed by atoms with E-state index in [0.717, 1.165) is 22.4 Å². The molecule has 2 amide bonds. The van der Waals surface area contributed by atoms with Crippen molar-refractivity contribution in [3.8, 4) is 0 Å². The quantitative estimate of drug-likeness (QED) is 0.831. The van der Waals surface area contributed by atoms with Crippen LogP contribution in [0.15, 0.2) is 30.6 Å². The van der Waals surface area contributed by atoms with Gasteiger partial charge in [-0.3, -0.25) is 14.3 Å². The fourth-order valence-corrected chi connectivity index (χ4v) is 2.73. The topological polar surface area (TPSA) is 79.3 Å². The van der Waals surface area contributed by atoms with Gasteiger partial charge < -0.3 is 15.5 Å². The fraction of sp³-hybridized carbons (Fsp3) is 0.389. The van der Waals surface area contributed by atoms with Crippen LogP contribution in [0, 0.1) is 13.8 Å². The second-order valence-corrected chi connectivity index (χ2v) is 6.18. The van der Waals surface area contributed by atoms with Gasteiger partial charge in [0.1, 0.15) is 6.04 Å². The first kappa shape index (κ1) is 18.7. The van der Waals surface area contributed by atoms with Crippen LogP contribution in [0.3, 0.4) is 0 Å². The van der Waals surface area contributed by atoms with Gasteiger partial charge in [-0.25, -0.2) is 0 Å². The van der Waals surface area contributed by atoms with Crippen LogP contribution in [0.25, 0.3) is 0 Å². The molecule has 0 saturated heterocycles. The van der Waals surface area contributed by atoms with Gasteiger partial charge in [-0.05, 0) is 32.0 Å². The molecular formula is C18H25N5O2. The minimum Gasteiger partial charge on any atom is -0.335 e. The van der Waals surface area contributed by atoms with E-state index in [0.29, 0.717) is 0 Å². The lowest BCUT2D eigenvalue weighted by Crippen LogP contribution is -2.41. The largest absolute Gasteiger partial charge is 0.335 e. The highest BCUT2D eigenvalue weighted by Crippen LogP contribution is 2.19. The summed E-state index contributed by atoms with van der Waals surface area (Å²) < 4.78 is 1.64. The summed E-state index contributed by atoms with van der Waals surface area (Å²) >= 11 is 0. The second-order valence-electron chi connectivity index (χ2n) is 6.18. The molecule has 2 rings (SSSR count). The highest BCUT2D eigenvalue weighted by molar-refractivity contribution is 5.96. The third kappa shape index (κ3) is 4.45. The molecule has 2 aromatic rings. The zero-order chi connectivity index (χ0) is 18.6. The van der Waals surface area contributed by atoms with Crippen LogP contribution in [-0.4, -0.2) is 47.1 Å². The highest BCUT2D eigenvalue weighted by Gasteiger charge is 2.25. The Labute approximate surface area is 148 Å². The number of aromatic nitrogens is 2. The van der Waals surface area contributed by atoms with Crippen LogP contribution < -0.4 is 10.6 Å². The molecule has 0 aliphatic carbocycles. The zero-order valence-electron chi connectivity index (χ0n) is 15.3. The molecule has 7 nitrogen and oxygen atoms in total. The SMILES string of the molecule is CNC(C(=O)N(C)CC(=O)Nc1c(C)cccc1C)c1cnn(C)c1. The van der Waals surface area contributed by atoms with Crippen molar-refractivity contribution in [1.29, 1.82) is 0 Å². The summed E-state index contributed by atoms with van der Waals surface area (Å²) in [6.45, 7) is 3.86. The smallest absolute Gasteiger partial charge is 0.244 e. The monoisotopic (exact) mass is 343 g/mol. The number of amides is 2. The van der Waals surface area contributed by atoms with Gasteiger partial charge in [-0.1, -0.05) is 18.2 Å². The average molecular weight is 343 g/mol. The Hall–Kier alpha value is -2.67. The molecule has 134 valence electrons. The molecule has 1 unspecified atom stereocenters. The Morgan fingerprint density at radius 3 is 2.44 bits per heavy atom. The van der Waals surface area contributed by atoms with E-state index >= 15 is 0 Å². The van der Waals surface area contributed by atoms with Crippen LogP contribution in [0.4, 0.5) is 5.69 Å². The van der Waals surface area contributed by atoms with E-state index in [1.165, 1.54) is 4.90 Å². The number of nitrogens with zero attached hydrogens (tertiary/aromatic N) is 3. The Morgan fingerprint density at radius 2 is 1.92 bits per heavy atom. The first-order valence-electron chi connectivity index (χ1n) is 8.10. The number of carbonyl (C=O) groups excluding carboxylic acids is 2. The number of nitrogens with one attached hydrogen (secondary N) is 2. The summed E-state index contributed by atoms with van der Waals surface area (Å²) in [5, 5.41) is 9.96. The van der Waals surface area contributed by atoms with Crippen molar-refractivity contribution in [1.82, 2.24) is 20.0 Å². The van der Waals surface area contributed by atoms with E-state index in [-0.39, 0.29) is 18.4 Å². The number of rotatable bonds is 6. The molecule has 0 fully saturated rings. The average Bonchev–Trinajstić information content (AvgIpc) is 2.98. The molecular weight excluding hydrogens is 318 g/mol. The second kappa shape index (κ2) is 7.94. The van der Waals surface area contributed by atoms with Gasteiger partial charge in [0, 0.05) is 31.5 Å². The molecule has 7 heteroatoms. The summed E-state index contributed by atoms with van der Waals surface area (Å²) in [5.74, 6) is -0.415. The van der Waals surface area contributed by atoms with Gasteiger partial charge in [0.2, 0.25) is 11.8 Å². The lowest BCUT2D eigenvalue weighted by Gasteiger charge is -2.23. The van der Waals surface area contributed by atoms with E-state index in [2.05, 4.69) is 15.7 Å². The van der Waals surface area contributed by atoms with Crippen molar-refractivity contribution in [2.45, 2.75) is 19.9 Å². The van der Waals surface area contributed by atoms with Crippen molar-refractivity contribution in [2.24, 2.45) is 7.05 Å². The summed E-state index contributed by atoms with van der Waals surface area (Å²) in [4.78, 5) is 26.4. The van der Waals surface area contributed by atoms with Crippen molar-refractivity contribution in [3.63, 3.8) is 0 Å².